The highest BCUT2D eigenvalue weighted by atomic mass is 14.9. The fraction of sp³-hybridized carbons (Fsp3) is 0.0192. The zero-order chi connectivity index (χ0) is 40.1. The molecule has 0 unspecified atom stereocenters. The quantitative estimate of drug-likeness (QED) is 0.131. The van der Waals surface area contributed by atoms with Crippen molar-refractivity contribution >= 4 is 61.0 Å². The van der Waals surface area contributed by atoms with Crippen molar-refractivity contribution in [1.29, 1.82) is 0 Å². The van der Waals surface area contributed by atoms with Crippen molar-refractivity contribution in [1.82, 2.24) is 24.9 Å². The highest BCUT2D eigenvalue weighted by Gasteiger charge is 2.14. The first kappa shape index (κ1) is 37.9. The average Bonchev–Trinajstić information content (AvgIpc) is 4.13. The summed E-state index contributed by atoms with van der Waals surface area (Å²) in [6.07, 6.45) is 2.66. The van der Waals surface area contributed by atoms with Crippen LogP contribution in [0, 0.1) is 0 Å². The van der Waals surface area contributed by atoms with Gasteiger partial charge in [0, 0.05) is 39.5 Å². The van der Waals surface area contributed by atoms with E-state index >= 15 is 0 Å². The van der Waals surface area contributed by atoms with E-state index in [4.69, 9.17) is 5.73 Å². The molecule has 0 bridgehead atoms. The van der Waals surface area contributed by atoms with Crippen LogP contribution in [0.15, 0.2) is 224 Å². The lowest BCUT2D eigenvalue weighted by Gasteiger charge is -1.98. The number of fused-ring (bicyclic) bond motifs is 6. The van der Waals surface area contributed by atoms with Crippen molar-refractivity contribution in [3.8, 4) is 11.4 Å². The number of imidazole rings is 2. The Labute approximate surface area is 343 Å². The molecule has 7 heteroatoms. The summed E-state index contributed by atoms with van der Waals surface area (Å²) < 4.78 is 0. The molecule has 4 heterocycles. The molecule has 0 spiro atoms. The first-order chi connectivity index (χ1) is 29.2. The largest absolute Gasteiger partial charge is 0.399 e. The second kappa shape index (κ2) is 18.7. The van der Waals surface area contributed by atoms with Gasteiger partial charge in [-0.3, -0.25) is 4.99 Å². The molecular weight excluding hydrogens is 723 g/mol. The summed E-state index contributed by atoms with van der Waals surface area (Å²) in [6, 6.07) is 71.1. The number of aliphatic imine (C=N–C) groups is 1. The number of para-hydroxylation sites is 8. The van der Waals surface area contributed by atoms with E-state index in [1.807, 2.05) is 109 Å². The van der Waals surface area contributed by atoms with Crippen molar-refractivity contribution in [3.63, 3.8) is 0 Å². The Hall–Kier alpha value is -8.03. The molecule has 12 rings (SSSR count). The molecule has 3 aromatic heterocycles. The van der Waals surface area contributed by atoms with Crippen LogP contribution >= 0.6 is 0 Å². The van der Waals surface area contributed by atoms with Gasteiger partial charge >= 0.3 is 0 Å². The van der Waals surface area contributed by atoms with Crippen LogP contribution in [0.2, 0.25) is 0 Å². The highest BCUT2D eigenvalue weighted by molar-refractivity contribution is 6.07. The lowest BCUT2D eigenvalue weighted by atomic mass is 10.0. The number of H-pyrrole nitrogens is 3. The van der Waals surface area contributed by atoms with E-state index in [2.05, 4.69) is 133 Å². The number of nitrogens with zero attached hydrogens (tertiary/aromatic N) is 3. The maximum absolute atomic E-state index is 5.36. The van der Waals surface area contributed by atoms with Crippen molar-refractivity contribution in [2.45, 2.75) is 6.42 Å². The number of anilines is 1. The van der Waals surface area contributed by atoms with Gasteiger partial charge < -0.3 is 20.7 Å². The predicted molar refractivity (Wildman–Crippen MR) is 247 cm³/mol. The van der Waals surface area contributed by atoms with Crippen LogP contribution in [0.5, 0.6) is 0 Å². The summed E-state index contributed by atoms with van der Waals surface area (Å²) in [7, 11) is 0. The topological polar surface area (TPSA) is 112 Å². The molecule has 11 aromatic rings. The molecule has 5 N–H and O–H groups in total. The summed E-state index contributed by atoms with van der Waals surface area (Å²) in [6.45, 7) is 0. The van der Waals surface area contributed by atoms with Crippen LogP contribution in [0.3, 0.4) is 0 Å². The molecule has 286 valence electrons. The van der Waals surface area contributed by atoms with Crippen LogP contribution in [0.1, 0.15) is 11.1 Å². The molecule has 0 radical (unpaired) electrons. The molecule has 0 amide bonds. The van der Waals surface area contributed by atoms with Crippen molar-refractivity contribution in [2.24, 2.45) is 4.99 Å². The van der Waals surface area contributed by atoms with Gasteiger partial charge in [0.2, 0.25) is 0 Å². The second-order valence-electron chi connectivity index (χ2n) is 13.7. The number of nitrogens with two attached hydrogens (primary N) is 1. The monoisotopic (exact) mass is 765 g/mol. The SMILES string of the molecule is Nc1ccccc1.c1ccc(-c2nc3ccccc3[nH]2)cc1.c1ccc(C2=Nc3ccccc3C2)cc1.c1ccc2[nH]cnc2c1.c1ccc2c(c1)[nH]c1ccccc12. The van der Waals surface area contributed by atoms with Crippen molar-refractivity contribution in [3.05, 3.63) is 230 Å². The van der Waals surface area contributed by atoms with E-state index in [1.54, 1.807) is 6.33 Å². The Kier molecular flexibility index (Phi) is 12.0. The third kappa shape index (κ3) is 9.68. The third-order valence-corrected chi connectivity index (χ3v) is 9.69. The molecule has 0 saturated carbocycles. The zero-order valence-electron chi connectivity index (χ0n) is 32.4. The Morgan fingerprint density at radius 1 is 0.424 bits per heavy atom. The molecule has 7 nitrogen and oxygen atoms in total. The summed E-state index contributed by atoms with van der Waals surface area (Å²) in [4.78, 5) is 22.9. The lowest BCUT2D eigenvalue weighted by Crippen LogP contribution is -1.99. The molecule has 0 atom stereocenters. The van der Waals surface area contributed by atoms with Gasteiger partial charge in [0.25, 0.3) is 0 Å². The normalized spacial score (nSPS) is 11.2. The van der Waals surface area contributed by atoms with Crippen LogP contribution in [-0.4, -0.2) is 30.6 Å². The number of hydrogen-bond acceptors (Lipinski definition) is 4. The Bertz CT molecular complexity index is 2920. The van der Waals surface area contributed by atoms with Gasteiger partial charge in [-0.2, -0.15) is 0 Å². The minimum atomic E-state index is 0.822. The van der Waals surface area contributed by atoms with Crippen LogP contribution < -0.4 is 5.73 Å². The van der Waals surface area contributed by atoms with Gasteiger partial charge in [-0.15, -0.1) is 0 Å². The molecule has 0 aliphatic carbocycles. The van der Waals surface area contributed by atoms with Crippen LogP contribution in [-0.2, 0) is 6.42 Å². The van der Waals surface area contributed by atoms with E-state index < -0.39 is 0 Å². The number of aromatic nitrogens is 5. The molecule has 1 aliphatic heterocycles. The number of hydrogen-bond donors (Lipinski definition) is 4. The maximum Gasteiger partial charge on any atom is 0.138 e. The number of benzene rings is 8. The maximum atomic E-state index is 5.36. The molecule has 59 heavy (non-hydrogen) atoms. The van der Waals surface area contributed by atoms with E-state index in [1.165, 1.54) is 38.6 Å². The number of nitrogen functional groups attached to an aromatic ring is 1. The molecule has 0 fully saturated rings. The zero-order valence-corrected chi connectivity index (χ0v) is 32.4. The van der Waals surface area contributed by atoms with Gasteiger partial charge in [0.15, 0.2) is 0 Å². The molecule has 1 aliphatic rings. The summed E-state index contributed by atoms with van der Waals surface area (Å²) in [5.41, 5.74) is 18.8. The fourth-order valence-electron chi connectivity index (χ4n) is 6.75. The van der Waals surface area contributed by atoms with Crippen LogP contribution in [0.4, 0.5) is 11.4 Å². The first-order valence-electron chi connectivity index (χ1n) is 19.5. The van der Waals surface area contributed by atoms with Crippen molar-refractivity contribution in [2.75, 3.05) is 5.73 Å². The van der Waals surface area contributed by atoms with E-state index in [0.717, 1.165) is 51.3 Å². The van der Waals surface area contributed by atoms with Gasteiger partial charge in [0.05, 0.1) is 39.8 Å². The van der Waals surface area contributed by atoms with Gasteiger partial charge in [-0.25, -0.2) is 9.97 Å². The fourth-order valence-corrected chi connectivity index (χ4v) is 6.75. The lowest BCUT2D eigenvalue weighted by molar-refractivity contribution is 1.34. The Balaban J connectivity index is 0.000000105. The van der Waals surface area contributed by atoms with E-state index in [9.17, 15) is 0 Å². The molecule has 0 saturated heterocycles. The first-order valence-corrected chi connectivity index (χ1v) is 19.5. The van der Waals surface area contributed by atoms with Gasteiger partial charge in [-0.05, 0) is 65.7 Å². The highest BCUT2D eigenvalue weighted by Crippen LogP contribution is 2.28. The number of nitrogens with one attached hydrogen (secondary N) is 3. The molecule has 8 aromatic carbocycles. The predicted octanol–water partition coefficient (Wildman–Crippen LogP) is 12.7. The van der Waals surface area contributed by atoms with Gasteiger partial charge in [0.1, 0.15) is 5.82 Å². The minimum Gasteiger partial charge on any atom is -0.399 e. The van der Waals surface area contributed by atoms with E-state index in [0.29, 0.717) is 0 Å². The Morgan fingerprint density at radius 2 is 0.932 bits per heavy atom. The summed E-state index contributed by atoms with van der Waals surface area (Å²) in [5.74, 6) is 0.928. The summed E-state index contributed by atoms with van der Waals surface area (Å²) >= 11 is 0. The van der Waals surface area contributed by atoms with E-state index in [-0.39, 0.29) is 0 Å². The number of aromatic amines is 3. The van der Waals surface area contributed by atoms with Gasteiger partial charge in [-0.1, -0.05) is 158 Å². The van der Waals surface area contributed by atoms with Crippen LogP contribution in [0.25, 0.3) is 55.3 Å². The van der Waals surface area contributed by atoms with Crippen molar-refractivity contribution < 1.29 is 0 Å². The number of rotatable bonds is 2. The average molecular weight is 766 g/mol. The smallest absolute Gasteiger partial charge is 0.138 e. The summed E-state index contributed by atoms with van der Waals surface area (Å²) in [5, 5.41) is 2.61. The Morgan fingerprint density at radius 3 is 1.53 bits per heavy atom. The third-order valence-electron chi connectivity index (χ3n) is 9.69. The second-order valence-corrected chi connectivity index (χ2v) is 13.7. The molecular formula is C52H43N7. The standard InChI is InChI=1S/C14H11N.C13H10N2.C12H9N.C7H6N2.C6H7N/c1-2-6-11(7-3-1)14-10-12-8-4-5-9-13(12)15-14;1-2-6-10(7-3-1)13-14-11-8-4-5-9-12(11)15-13;1-3-7-11-9(5-1)10-6-2-4-8-12(10)13-11;1-2-4-7-6(3-1)8-5-9-7;7-6-4-2-1-3-5-6/h1-9H,10H2;1-9H,(H,14,15);1-8,13H;1-5H,(H,8,9);1-5H,7H2. The minimum absolute atomic E-state index is 0.822.